The number of likely N-dealkylation sites (tertiary alicyclic amines) is 1. The number of hydrogen-bond donors (Lipinski definition) is 3. The van der Waals surface area contributed by atoms with Crippen LogP contribution in [0.5, 0.6) is 0 Å². The molecule has 2 unspecified atom stereocenters. The number of aromatic nitrogens is 1. The van der Waals surface area contributed by atoms with E-state index in [1.807, 2.05) is 6.92 Å². The summed E-state index contributed by atoms with van der Waals surface area (Å²) >= 11 is 8.33. The number of aryl methyl sites for hydroxylation is 1. The molecule has 0 spiro atoms. The van der Waals surface area contributed by atoms with E-state index < -0.39 is 5.60 Å². The normalized spacial score (nSPS) is 28.1. The number of halogens is 1. The summed E-state index contributed by atoms with van der Waals surface area (Å²) in [6.45, 7) is 6.77. The van der Waals surface area contributed by atoms with Crippen molar-refractivity contribution in [2.24, 2.45) is 0 Å². The van der Waals surface area contributed by atoms with Crippen molar-refractivity contribution in [3.63, 3.8) is 0 Å². The van der Waals surface area contributed by atoms with Gasteiger partial charge in [-0.1, -0.05) is 23.4 Å². The number of hydrogen-bond acceptors (Lipinski definition) is 8. The first-order valence-corrected chi connectivity index (χ1v) is 13.3. The molecule has 1 aromatic heterocycles. The van der Waals surface area contributed by atoms with Gasteiger partial charge in [0.25, 0.3) is 0 Å². The van der Waals surface area contributed by atoms with Gasteiger partial charge >= 0.3 is 0 Å². The highest BCUT2D eigenvalue weighted by molar-refractivity contribution is 8.03. The molecule has 3 N–H and O–H groups in total. The van der Waals surface area contributed by atoms with Crippen LogP contribution >= 0.6 is 23.4 Å². The fourth-order valence-corrected chi connectivity index (χ4v) is 7.35. The zero-order valence-electron chi connectivity index (χ0n) is 20.2. The summed E-state index contributed by atoms with van der Waals surface area (Å²) in [6, 6.07) is 0.630. The van der Waals surface area contributed by atoms with Crippen LogP contribution in [0.3, 0.4) is 0 Å². The van der Waals surface area contributed by atoms with Crippen LogP contribution in [0.4, 0.5) is 0 Å². The topological polar surface area (TPSA) is 66.9 Å². The maximum atomic E-state index is 10.9. The minimum Gasteiger partial charge on any atom is -0.387 e. The van der Waals surface area contributed by atoms with Gasteiger partial charge in [-0.25, -0.2) is 4.98 Å². The Morgan fingerprint density at radius 2 is 2.03 bits per heavy atom. The Morgan fingerprint density at radius 1 is 1.26 bits per heavy atom. The van der Waals surface area contributed by atoms with Gasteiger partial charge in [0, 0.05) is 37.6 Å². The summed E-state index contributed by atoms with van der Waals surface area (Å²) < 4.78 is 0. The molecule has 1 saturated carbocycles. The number of allylic oxidation sites excluding steroid dienone is 1. The van der Waals surface area contributed by atoms with Gasteiger partial charge in [-0.15, -0.1) is 0 Å². The third-order valence-electron chi connectivity index (χ3n) is 8.08. The van der Waals surface area contributed by atoms with Crippen molar-refractivity contribution in [2.75, 3.05) is 33.9 Å². The SMILES string of the molecule is Cc1nc2c(c(C)c1Cl)C1C(=C(NC3CN(C4=CC(C5(O)CCC5)N(C)C=C4)C3)NCN1C)S2. The molecule has 7 nitrogen and oxygen atoms in total. The Morgan fingerprint density at radius 3 is 2.74 bits per heavy atom. The molecule has 0 aromatic carbocycles. The summed E-state index contributed by atoms with van der Waals surface area (Å²) in [6.07, 6.45) is 9.43. The van der Waals surface area contributed by atoms with Crippen LogP contribution in [-0.4, -0.2) is 76.3 Å². The molecule has 2 fully saturated rings. The molecule has 4 aliphatic heterocycles. The van der Waals surface area contributed by atoms with Crippen molar-refractivity contribution in [1.82, 2.24) is 30.3 Å². The van der Waals surface area contributed by atoms with E-state index >= 15 is 0 Å². The maximum absolute atomic E-state index is 10.9. The lowest BCUT2D eigenvalue weighted by Gasteiger charge is -2.49. The molecule has 0 radical (unpaired) electrons. The monoisotopic (exact) mass is 500 g/mol. The molecule has 34 heavy (non-hydrogen) atoms. The first kappa shape index (κ1) is 22.6. The summed E-state index contributed by atoms with van der Waals surface area (Å²) in [5.41, 5.74) is 3.93. The zero-order chi connectivity index (χ0) is 23.8. The number of rotatable bonds is 4. The molecule has 1 aliphatic carbocycles. The second-order valence-corrected chi connectivity index (χ2v) is 11.8. The van der Waals surface area contributed by atoms with E-state index in [1.54, 1.807) is 11.8 Å². The number of thioether (sulfide) groups is 1. The summed E-state index contributed by atoms with van der Waals surface area (Å²) in [4.78, 5) is 13.0. The van der Waals surface area contributed by atoms with E-state index in [4.69, 9.17) is 16.6 Å². The molecule has 0 amide bonds. The Hall–Kier alpha value is -1.87. The lowest BCUT2D eigenvalue weighted by atomic mass is 9.73. The van der Waals surface area contributed by atoms with Crippen LogP contribution in [0.25, 0.3) is 0 Å². The van der Waals surface area contributed by atoms with Gasteiger partial charge in [-0.2, -0.15) is 0 Å². The van der Waals surface area contributed by atoms with Crippen molar-refractivity contribution in [2.45, 2.75) is 61.9 Å². The van der Waals surface area contributed by atoms with Gasteiger partial charge in [0.15, 0.2) is 0 Å². The fraction of sp³-hybridized carbons (Fsp3) is 0.560. The number of aliphatic hydroxyl groups is 1. The van der Waals surface area contributed by atoms with Gasteiger partial charge in [0.05, 0.1) is 46.0 Å². The number of likely N-dealkylation sites (N-methyl/N-ethyl adjacent to an activating group) is 2. The highest BCUT2D eigenvalue weighted by Gasteiger charge is 2.45. The fourth-order valence-electron chi connectivity index (χ4n) is 5.80. The molecule has 0 bridgehead atoms. The number of fused-ring (bicyclic) bond motifs is 3. The summed E-state index contributed by atoms with van der Waals surface area (Å²) in [5.74, 6) is 1.12. The van der Waals surface area contributed by atoms with Crippen LogP contribution in [0, 0.1) is 13.8 Å². The van der Waals surface area contributed by atoms with Gasteiger partial charge in [0.2, 0.25) is 0 Å². The molecule has 182 valence electrons. The first-order valence-electron chi connectivity index (χ1n) is 12.1. The lowest BCUT2D eigenvalue weighted by Crippen LogP contribution is -2.60. The second kappa shape index (κ2) is 8.08. The lowest BCUT2D eigenvalue weighted by molar-refractivity contribution is -0.0738. The second-order valence-electron chi connectivity index (χ2n) is 10.4. The van der Waals surface area contributed by atoms with Crippen molar-refractivity contribution in [3.8, 4) is 0 Å². The molecule has 6 rings (SSSR count). The molecule has 2 atom stereocenters. The van der Waals surface area contributed by atoms with Crippen molar-refractivity contribution < 1.29 is 5.11 Å². The van der Waals surface area contributed by atoms with Gasteiger partial charge in [0.1, 0.15) is 10.8 Å². The van der Waals surface area contributed by atoms with E-state index in [-0.39, 0.29) is 12.1 Å². The van der Waals surface area contributed by atoms with E-state index in [1.165, 1.54) is 16.2 Å². The molecule has 1 saturated heterocycles. The van der Waals surface area contributed by atoms with Crippen LogP contribution in [0.15, 0.2) is 39.8 Å². The molecular formula is C25H33ClN6OS. The molecule has 9 heteroatoms. The number of pyridine rings is 1. The molecule has 1 aromatic rings. The number of nitrogens with zero attached hydrogens (tertiary/aromatic N) is 4. The van der Waals surface area contributed by atoms with E-state index in [2.05, 4.69) is 64.7 Å². The average molecular weight is 501 g/mol. The van der Waals surface area contributed by atoms with Crippen molar-refractivity contribution in [1.29, 1.82) is 0 Å². The predicted octanol–water partition coefficient (Wildman–Crippen LogP) is 3.06. The van der Waals surface area contributed by atoms with Crippen molar-refractivity contribution >= 4 is 23.4 Å². The zero-order valence-corrected chi connectivity index (χ0v) is 21.8. The average Bonchev–Trinajstić information content (AvgIpc) is 3.15. The Kier molecular flexibility index (Phi) is 5.37. The van der Waals surface area contributed by atoms with Gasteiger partial charge in [-0.05, 0) is 57.9 Å². The molecule has 5 aliphatic rings. The smallest absolute Gasteiger partial charge is 0.112 e. The van der Waals surface area contributed by atoms with E-state index in [9.17, 15) is 5.11 Å². The van der Waals surface area contributed by atoms with Crippen LogP contribution in [-0.2, 0) is 0 Å². The van der Waals surface area contributed by atoms with Gasteiger partial charge in [-0.3, -0.25) is 4.90 Å². The van der Waals surface area contributed by atoms with Crippen LogP contribution in [0.1, 0.15) is 42.1 Å². The minimum atomic E-state index is -0.574. The minimum absolute atomic E-state index is 0.0638. The van der Waals surface area contributed by atoms with Gasteiger partial charge < -0.3 is 25.5 Å². The number of nitrogens with one attached hydrogen (secondary N) is 2. The third kappa shape index (κ3) is 3.45. The first-order chi connectivity index (χ1) is 16.2. The van der Waals surface area contributed by atoms with Crippen LogP contribution < -0.4 is 10.6 Å². The summed E-state index contributed by atoms with van der Waals surface area (Å²) in [7, 11) is 4.21. The quantitative estimate of drug-likeness (QED) is 0.583. The van der Waals surface area contributed by atoms with E-state index in [0.717, 1.165) is 66.1 Å². The Labute approximate surface area is 210 Å². The highest BCUT2D eigenvalue weighted by atomic mass is 35.5. The highest BCUT2D eigenvalue weighted by Crippen LogP contribution is 2.53. The largest absolute Gasteiger partial charge is 0.387 e. The third-order valence-corrected chi connectivity index (χ3v) is 9.79. The Bertz CT molecular complexity index is 1120. The molecule has 5 heterocycles. The van der Waals surface area contributed by atoms with Crippen LogP contribution in [0.2, 0.25) is 5.02 Å². The Balaban J connectivity index is 1.17. The van der Waals surface area contributed by atoms with E-state index in [0.29, 0.717) is 6.04 Å². The molecular weight excluding hydrogens is 468 g/mol. The van der Waals surface area contributed by atoms with Crippen molar-refractivity contribution in [3.05, 3.63) is 56.6 Å². The standard InChI is InChI=1S/C25H33ClN6OS/c1-14-19-21-22(34-24(19)28-15(2)20(14)26)23(27-13-31(21)4)29-16-11-32(12-16)17-6-9-30(3)18(10-17)25(33)7-5-8-25/h6,9-10,16,18,21,27,29,33H,5,7-8,11-13H2,1-4H3. The predicted molar refractivity (Wildman–Crippen MR) is 136 cm³/mol. The summed E-state index contributed by atoms with van der Waals surface area (Å²) in [5, 5.41) is 20.1. The maximum Gasteiger partial charge on any atom is 0.112 e.